The highest BCUT2D eigenvalue weighted by atomic mass is 79.9. The van der Waals surface area contributed by atoms with Gasteiger partial charge in [-0.25, -0.2) is 14.3 Å². The van der Waals surface area contributed by atoms with Crippen LogP contribution in [0, 0.1) is 0 Å². The van der Waals surface area contributed by atoms with Gasteiger partial charge in [-0.2, -0.15) is 0 Å². The van der Waals surface area contributed by atoms with Crippen LogP contribution in [0.2, 0.25) is 5.15 Å². The van der Waals surface area contributed by atoms with Crippen LogP contribution in [0.1, 0.15) is 48.5 Å². The van der Waals surface area contributed by atoms with Gasteiger partial charge in [0.1, 0.15) is 10.2 Å². The molecular weight excluding hydrogens is 434 g/mol. The number of nitrogens with zero attached hydrogens (tertiary/aromatic N) is 2. The summed E-state index contributed by atoms with van der Waals surface area (Å²) in [6.45, 7) is 13.3. The van der Waals surface area contributed by atoms with Gasteiger partial charge < -0.3 is 14.0 Å². The van der Waals surface area contributed by atoms with Crippen molar-refractivity contribution in [3.05, 3.63) is 22.0 Å². The molecule has 0 unspecified atom stereocenters. The van der Waals surface area contributed by atoms with E-state index in [1.807, 2.05) is 48.5 Å². The van der Waals surface area contributed by atoms with Crippen LogP contribution in [0.5, 0.6) is 0 Å². The van der Waals surface area contributed by atoms with E-state index in [0.717, 1.165) is 0 Å². The maximum Gasteiger partial charge on any atom is 0.497 e. The number of carbonyl (C=O) groups is 1. The Hall–Kier alpha value is -1.09. The number of aromatic nitrogens is 2. The summed E-state index contributed by atoms with van der Waals surface area (Å²) in [5.41, 5.74) is -0.510. The van der Waals surface area contributed by atoms with E-state index in [0.29, 0.717) is 21.0 Å². The Labute approximate surface area is 172 Å². The van der Waals surface area contributed by atoms with Crippen LogP contribution in [0.15, 0.2) is 16.9 Å². The molecule has 1 saturated heterocycles. The molecule has 0 amide bonds. The van der Waals surface area contributed by atoms with E-state index in [2.05, 4.69) is 20.9 Å². The minimum Gasteiger partial charge on any atom is -0.443 e. The lowest BCUT2D eigenvalue weighted by molar-refractivity contribution is 0.00578. The van der Waals surface area contributed by atoms with Crippen LogP contribution in [-0.4, -0.2) is 39.6 Å². The molecule has 6 nitrogen and oxygen atoms in total. The highest BCUT2D eigenvalue weighted by Gasteiger charge is 2.52. The third kappa shape index (κ3) is 3.77. The first-order valence-electron chi connectivity index (χ1n) is 8.68. The Bertz CT molecular complexity index is 904. The Kier molecular flexibility index (Phi) is 4.95. The second-order valence-corrected chi connectivity index (χ2v) is 9.83. The fourth-order valence-electron chi connectivity index (χ4n) is 2.81. The van der Waals surface area contributed by atoms with Gasteiger partial charge in [-0.1, -0.05) is 11.6 Å². The highest BCUT2D eigenvalue weighted by molar-refractivity contribution is 9.10. The van der Waals surface area contributed by atoms with Gasteiger partial charge in [-0.3, -0.25) is 0 Å². The molecule has 146 valence electrons. The first-order chi connectivity index (χ1) is 12.2. The topological polar surface area (TPSA) is 62.6 Å². The van der Waals surface area contributed by atoms with Gasteiger partial charge in [0.2, 0.25) is 0 Å². The Morgan fingerprint density at radius 1 is 1.26 bits per heavy atom. The van der Waals surface area contributed by atoms with Gasteiger partial charge in [0.05, 0.1) is 16.7 Å². The van der Waals surface area contributed by atoms with Gasteiger partial charge in [0, 0.05) is 17.0 Å². The summed E-state index contributed by atoms with van der Waals surface area (Å²) < 4.78 is 19.8. The lowest BCUT2D eigenvalue weighted by atomic mass is 9.79. The Morgan fingerprint density at radius 3 is 2.33 bits per heavy atom. The first kappa shape index (κ1) is 20.6. The van der Waals surface area contributed by atoms with Gasteiger partial charge >= 0.3 is 13.2 Å². The fourth-order valence-corrected chi connectivity index (χ4v) is 3.61. The lowest BCUT2D eigenvalue weighted by Gasteiger charge is -2.32. The third-order valence-electron chi connectivity index (χ3n) is 4.84. The molecule has 0 aromatic carbocycles. The summed E-state index contributed by atoms with van der Waals surface area (Å²) in [6, 6.07) is 1.79. The molecule has 27 heavy (non-hydrogen) atoms. The quantitative estimate of drug-likeness (QED) is 0.465. The zero-order valence-electron chi connectivity index (χ0n) is 16.5. The smallest absolute Gasteiger partial charge is 0.443 e. The van der Waals surface area contributed by atoms with Crippen molar-refractivity contribution in [3.63, 3.8) is 0 Å². The van der Waals surface area contributed by atoms with Crippen LogP contribution in [-0.2, 0) is 14.0 Å². The number of pyridine rings is 1. The minimum absolute atomic E-state index is 0.188. The average Bonchev–Trinajstić information content (AvgIpc) is 2.92. The molecule has 0 saturated carbocycles. The second-order valence-electron chi connectivity index (χ2n) is 8.65. The number of halogens is 2. The van der Waals surface area contributed by atoms with E-state index in [1.54, 1.807) is 12.3 Å². The van der Waals surface area contributed by atoms with E-state index in [-0.39, 0.29) is 5.15 Å². The van der Waals surface area contributed by atoms with Gasteiger partial charge in [0.15, 0.2) is 5.15 Å². The number of rotatable bonds is 1. The lowest BCUT2D eigenvalue weighted by Crippen LogP contribution is -2.41. The van der Waals surface area contributed by atoms with E-state index in [1.165, 1.54) is 4.57 Å². The van der Waals surface area contributed by atoms with Crippen molar-refractivity contribution >= 4 is 57.1 Å². The van der Waals surface area contributed by atoms with Crippen LogP contribution in [0.4, 0.5) is 4.79 Å². The molecule has 0 atom stereocenters. The Balaban J connectivity index is 2.16. The monoisotopic (exact) mass is 456 g/mol. The van der Waals surface area contributed by atoms with Gasteiger partial charge in [-0.15, -0.1) is 0 Å². The molecule has 3 rings (SSSR count). The molecule has 0 aliphatic carbocycles. The highest BCUT2D eigenvalue weighted by Crippen LogP contribution is 2.37. The Morgan fingerprint density at radius 2 is 1.81 bits per heavy atom. The molecule has 3 heterocycles. The van der Waals surface area contributed by atoms with Crippen molar-refractivity contribution in [2.75, 3.05) is 0 Å². The largest absolute Gasteiger partial charge is 0.497 e. The average molecular weight is 458 g/mol. The maximum absolute atomic E-state index is 12.8. The van der Waals surface area contributed by atoms with Gasteiger partial charge in [-0.05, 0) is 70.5 Å². The summed E-state index contributed by atoms with van der Waals surface area (Å²) in [5.74, 6) is 0. The molecular formula is C18H23BBrClN2O4. The molecule has 1 aliphatic heterocycles. The van der Waals surface area contributed by atoms with Crippen molar-refractivity contribution < 1.29 is 18.8 Å². The standard InChI is InChI=1S/C18H23BBrClN2O4/c1-16(2,3)25-15(24)23-9-11(10-8-12(20)22-14(21)13(10)23)19-26-17(4,5)18(6,7)27-19/h8-9H,1-7H3. The number of hydrogen-bond acceptors (Lipinski definition) is 5. The van der Waals surface area contributed by atoms with Crippen LogP contribution >= 0.6 is 27.5 Å². The summed E-state index contributed by atoms with van der Waals surface area (Å²) in [5, 5.41) is 0.902. The van der Waals surface area contributed by atoms with E-state index in [4.69, 9.17) is 25.6 Å². The summed E-state index contributed by atoms with van der Waals surface area (Å²) >= 11 is 9.73. The zero-order valence-corrected chi connectivity index (χ0v) is 18.9. The zero-order chi connectivity index (χ0) is 20.4. The van der Waals surface area contributed by atoms with Crippen LogP contribution < -0.4 is 5.46 Å². The van der Waals surface area contributed by atoms with Crippen molar-refractivity contribution in [1.29, 1.82) is 0 Å². The van der Waals surface area contributed by atoms with Crippen LogP contribution in [0.3, 0.4) is 0 Å². The summed E-state index contributed by atoms with van der Waals surface area (Å²) in [7, 11) is -0.647. The number of carbonyl (C=O) groups excluding carboxylic acids is 1. The predicted molar refractivity (Wildman–Crippen MR) is 110 cm³/mol. The maximum atomic E-state index is 12.8. The molecule has 1 fully saturated rings. The molecule has 2 aromatic rings. The van der Waals surface area contributed by atoms with Crippen LogP contribution in [0.25, 0.3) is 10.9 Å². The summed E-state index contributed by atoms with van der Waals surface area (Å²) in [6.07, 6.45) is 1.11. The van der Waals surface area contributed by atoms with E-state index in [9.17, 15) is 4.79 Å². The van der Waals surface area contributed by atoms with Crippen molar-refractivity contribution in [1.82, 2.24) is 9.55 Å². The van der Waals surface area contributed by atoms with E-state index >= 15 is 0 Å². The SMILES string of the molecule is CC(C)(C)OC(=O)n1cc(B2OC(C)(C)C(C)(C)O2)c2cc(Br)nc(Cl)c21. The number of ether oxygens (including phenoxy) is 1. The minimum atomic E-state index is -0.647. The van der Waals surface area contributed by atoms with Crippen molar-refractivity contribution in [2.45, 2.75) is 65.3 Å². The second kappa shape index (κ2) is 6.47. The van der Waals surface area contributed by atoms with E-state index < -0.39 is 30.0 Å². The molecule has 0 radical (unpaired) electrons. The predicted octanol–water partition coefficient (Wildman–Crippen LogP) is 4.53. The normalized spacial score (nSPS) is 18.9. The molecule has 0 N–H and O–H groups in total. The summed E-state index contributed by atoms with van der Waals surface area (Å²) in [4.78, 5) is 17.0. The van der Waals surface area contributed by atoms with Crippen molar-refractivity contribution in [2.24, 2.45) is 0 Å². The first-order valence-corrected chi connectivity index (χ1v) is 9.85. The van der Waals surface area contributed by atoms with Gasteiger partial charge in [0.25, 0.3) is 0 Å². The molecule has 9 heteroatoms. The van der Waals surface area contributed by atoms with Crippen molar-refractivity contribution in [3.8, 4) is 0 Å². The molecule has 2 aromatic heterocycles. The number of hydrogen-bond donors (Lipinski definition) is 0. The third-order valence-corrected chi connectivity index (χ3v) is 5.51. The molecule has 0 spiro atoms. The molecule has 1 aliphatic rings. The fraction of sp³-hybridized carbons (Fsp3) is 0.556. The number of fused-ring (bicyclic) bond motifs is 1. The molecule has 0 bridgehead atoms.